The number of aliphatic hydroxyl groups excluding tert-OH is 1. The molecule has 5 heteroatoms. The minimum absolute atomic E-state index is 0.0586. The van der Waals surface area contributed by atoms with E-state index in [0.717, 1.165) is 30.5 Å². The normalized spacial score (nSPS) is 27.7. The standard InChI is InChI=1S/C22H26FNO3/c1-27-21-9-6-15(10-16(21)14-25)13-24-17-7-8-18(24)12-22(26,11-17)19-4-2-3-5-20(19)23/h2-6,9-10,17-18,25-26H,7-8,11-14H2,1H3. The summed E-state index contributed by atoms with van der Waals surface area (Å²) in [5.41, 5.74) is 1.23. The monoisotopic (exact) mass is 371 g/mol. The Morgan fingerprint density at radius 1 is 1.15 bits per heavy atom. The number of halogens is 1. The van der Waals surface area contributed by atoms with Crippen molar-refractivity contribution in [3.63, 3.8) is 0 Å². The first-order valence-corrected chi connectivity index (χ1v) is 9.54. The van der Waals surface area contributed by atoms with Crippen LogP contribution in [-0.2, 0) is 18.8 Å². The Labute approximate surface area is 159 Å². The number of aliphatic hydroxyl groups is 2. The number of rotatable bonds is 5. The van der Waals surface area contributed by atoms with Gasteiger partial charge in [-0.2, -0.15) is 0 Å². The van der Waals surface area contributed by atoms with Crippen LogP contribution in [-0.4, -0.2) is 34.3 Å². The third-order valence-corrected chi connectivity index (χ3v) is 6.17. The molecule has 2 saturated heterocycles. The Morgan fingerprint density at radius 3 is 2.48 bits per heavy atom. The predicted octanol–water partition coefficient (Wildman–Crippen LogP) is 3.34. The number of nitrogens with zero attached hydrogens (tertiary/aromatic N) is 1. The molecule has 2 aliphatic heterocycles. The van der Waals surface area contributed by atoms with E-state index in [-0.39, 0.29) is 24.5 Å². The highest BCUT2D eigenvalue weighted by Crippen LogP contribution is 2.46. The second kappa shape index (κ2) is 7.23. The average Bonchev–Trinajstić information content (AvgIpc) is 2.92. The molecule has 0 saturated carbocycles. The molecule has 4 nitrogen and oxygen atoms in total. The van der Waals surface area contributed by atoms with Gasteiger partial charge in [0.15, 0.2) is 0 Å². The number of piperidine rings is 1. The quantitative estimate of drug-likeness (QED) is 0.846. The fourth-order valence-corrected chi connectivity index (χ4v) is 4.90. The van der Waals surface area contributed by atoms with Crippen LogP contribution in [0.2, 0.25) is 0 Å². The number of ether oxygens (including phenoxy) is 1. The zero-order valence-corrected chi connectivity index (χ0v) is 15.6. The van der Waals surface area contributed by atoms with Crippen LogP contribution < -0.4 is 4.74 Å². The molecule has 144 valence electrons. The van der Waals surface area contributed by atoms with Gasteiger partial charge < -0.3 is 14.9 Å². The lowest BCUT2D eigenvalue weighted by atomic mass is 9.80. The van der Waals surface area contributed by atoms with Crippen molar-refractivity contribution >= 4 is 0 Å². The Morgan fingerprint density at radius 2 is 1.85 bits per heavy atom. The molecule has 0 amide bonds. The SMILES string of the molecule is COc1ccc(CN2C3CCC2CC(O)(c2ccccc2F)C3)cc1CO. The first kappa shape index (κ1) is 18.4. The van der Waals surface area contributed by atoms with Crippen LogP contribution in [0.25, 0.3) is 0 Å². The fraction of sp³-hybridized carbons (Fsp3) is 0.455. The van der Waals surface area contributed by atoms with Crippen LogP contribution in [0.3, 0.4) is 0 Å². The van der Waals surface area contributed by atoms with Gasteiger partial charge in [-0.1, -0.05) is 24.3 Å². The molecule has 27 heavy (non-hydrogen) atoms. The predicted molar refractivity (Wildman–Crippen MR) is 101 cm³/mol. The molecule has 2 aliphatic rings. The maximum Gasteiger partial charge on any atom is 0.129 e. The van der Waals surface area contributed by atoms with Crippen LogP contribution in [0.5, 0.6) is 5.75 Å². The van der Waals surface area contributed by atoms with Crippen molar-refractivity contribution in [2.24, 2.45) is 0 Å². The number of benzene rings is 2. The average molecular weight is 371 g/mol. The molecule has 0 spiro atoms. The molecular formula is C22H26FNO3. The van der Waals surface area contributed by atoms with Crippen molar-refractivity contribution in [2.45, 2.75) is 56.5 Å². The van der Waals surface area contributed by atoms with Crippen molar-refractivity contribution in [1.82, 2.24) is 4.90 Å². The third-order valence-electron chi connectivity index (χ3n) is 6.17. The molecular weight excluding hydrogens is 345 g/mol. The van der Waals surface area contributed by atoms with Gasteiger partial charge in [0.25, 0.3) is 0 Å². The molecule has 2 heterocycles. The van der Waals surface area contributed by atoms with Gasteiger partial charge in [0.1, 0.15) is 11.6 Å². The summed E-state index contributed by atoms with van der Waals surface area (Å²) in [7, 11) is 1.60. The van der Waals surface area contributed by atoms with Gasteiger partial charge in [0.2, 0.25) is 0 Å². The highest BCUT2D eigenvalue weighted by atomic mass is 19.1. The second-order valence-electron chi connectivity index (χ2n) is 7.78. The summed E-state index contributed by atoms with van der Waals surface area (Å²) < 4.78 is 19.6. The maximum atomic E-state index is 14.3. The van der Waals surface area contributed by atoms with Gasteiger partial charge >= 0.3 is 0 Å². The van der Waals surface area contributed by atoms with Crippen molar-refractivity contribution in [2.75, 3.05) is 7.11 Å². The molecule has 2 bridgehead atoms. The van der Waals surface area contributed by atoms with E-state index in [0.29, 0.717) is 24.2 Å². The lowest BCUT2D eigenvalue weighted by Gasteiger charge is -2.44. The maximum absolute atomic E-state index is 14.3. The largest absolute Gasteiger partial charge is 0.496 e. The number of hydrogen-bond acceptors (Lipinski definition) is 4. The van der Waals surface area contributed by atoms with E-state index in [1.54, 1.807) is 25.3 Å². The molecule has 0 aliphatic carbocycles. The van der Waals surface area contributed by atoms with Crippen LogP contribution in [0.15, 0.2) is 42.5 Å². The molecule has 2 N–H and O–H groups in total. The van der Waals surface area contributed by atoms with Crippen molar-refractivity contribution < 1.29 is 19.3 Å². The topological polar surface area (TPSA) is 52.9 Å². The summed E-state index contributed by atoms with van der Waals surface area (Å²) in [4.78, 5) is 2.43. The van der Waals surface area contributed by atoms with Crippen LogP contribution in [0.4, 0.5) is 4.39 Å². The zero-order chi connectivity index (χ0) is 19.0. The molecule has 2 aromatic carbocycles. The molecule has 0 aromatic heterocycles. The molecule has 4 rings (SSSR count). The first-order chi connectivity index (χ1) is 13.0. The van der Waals surface area contributed by atoms with Crippen LogP contribution >= 0.6 is 0 Å². The Hall–Kier alpha value is -1.95. The van der Waals surface area contributed by atoms with Gasteiger partial charge in [-0.15, -0.1) is 0 Å². The minimum Gasteiger partial charge on any atom is -0.496 e. The molecule has 0 radical (unpaired) electrons. The van der Waals surface area contributed by atoms with Crippen molar-refractivity contribution in [1.29, 1.82) is 0 Å². The molecule has 2 aromatic rings. The lowest BCUT2D eigenvalue weighted by molar-refractivity contribution is -0.0615. The minimum atomic E-state index is -1.09. The summed E-state index contributed by atoms with van der Waals surface area (Å²) in [6.07, 6.45) is 3.13. The Kier molecular flexibility index (Phi) is 4.93. The van der Waals surface area contributed by atoms with Gasteiger partial charge in [0, 0.05) is 29.8 Å². The van der Waals surface area contributed by atoms with Crippen molar-refractivity contribution in [3.05, 3.63) is 65.0 Å². The van der Waals surface area contributed by atoms with E-state index in [2.05, 4.69) is 4.90 Å². The van der Waals surface area contributed by atoms with E-state index in [1.165, 1.54) is 6.07 Å². The summed E-state index contributed by atoms with van der Waals surface area (Å²) in [5.74, 6) is 0.368. The summed E-state index contributed by atoms with van der Waals surface area (Å²) >= 11 is 0. The van der Waals surface area contributed by atoms with Gasteiger partial charge in [-0.3, -0.25) is 4.90 Å². The first-order valence-electron chi connectivity index (χ1n) is 9.54. The van der Waals surface area contributed by atoms with E-state index >= 15 is 0 Å². The van der Waals surface area contributed by atoms with Crippen LogP contribution in [0.1, 0.15) is 42.4 Å². The number of hydrogen-bond donors (Lipinski definition) is 2. The number of fused-ring (bicyclic) bond motifs is 2. The van der Waals surface area contributed by atoms with E-state index in [4.69, 9.17) is 4.74 Å². The van der Waals surface area contributed by atoms with Gasteiger partial charge in [0.05, 0.1) is 19.3 Å². The third kappa shape index (κ3) is 3.35. The summed E-state index contributed by atoms with van der Waals surface area (Å²) in [6.45, 7) is 0.705. The highest BCUT2D eigenvalue weighted by molar-refractivity contribution is 5.37. The van der Waals surface area contributed by atoms with E-state index in [1.807, 2.05) is 18.2 Å². The van der Waals surface area contributed by atoms with E-state index in [9.17, 15) is 14.6 Å². The summed E-state index contributed by atoms with van der Waals surface area (Å²) in [6, 6.07) is 12.9. The Balaban J connectivity index is 1.54. The van der Waals surface area contributed by atoms with Gasteiger partial charge in [-0.05, 0) is 49.4 Å². The van der Waals surface area contributed by atoms with E-state index < -0.39 is 5.60 Å². The summed E-state index contributed by atoms with van der Waals surface area (Å²) in [5, 5.41) is 20.8. The lowest BCUT2D eigenvalue weighted by Crippen LogP contribution is -2.49. The highest BCUT2D eigenvalue weighted by Gasteiger charge is 2.48. The zero-order valence-electron chi connectivity index (χ0n) is 15.6. The second-order valence-corrected chi connectivity index (χ2v) is 7.78. The van der Waals surface area contributed by atoms with Gasteiger partial charge in [-0.25, -0.2) is 4.39 Å². The number of methoxy groups -OCH3 is 1. The Bertz CT molecular complexity index is 811. The smallest absolute Gasteiger partial charge is 0.129 e. The van der Waals surface area contributed by atoms with Crippen LogP contribution in [0, 0.1) is 5.82 Å². The van der Waals surface area contributed by atoms with Crippen molar-refractivity contribution in [3.8, 4) is 5.75 Å². The molecule has 2 unspecified atom stereocenters. The molecule has 2 atom stereocenters. The fourth-order valence-electron chi connectivity index (χ4n) is 4.90. The molecule has 2 fully saturated rings.